The molecule has 0 atom stereocenters. The van der Waals surface area contributed by atoms with E-state index >= 15 is 0 Å². The molecule has 3 nitrogen and oxygen atoms in total. The molecule has 0 aromatic rings. The molecule has 1 heterocycles. The summed E-state index contributed by atoms with van der Waals surface area (Å²) >= 11 is 0. The van der Waals surface area contributed by atoms with Gasteiger partial charge in [-0.15, -0.1) is 0 Å². The fraction of sp³-hybridized carbons (Fsp3) is 0.923. The Morgan fingerprint density at radius 3 is 2.38 bits per heavy atom. The SMILES string of the molecule is CC1CCC(N(C)C(=O)CC2CNC2)CC1. The summed E-state index contributed by atoms with van der Waals surface area (Å²) in [5, 5.41) is 3.22. The molecule has 2 aliphatic rings. The van der Waals surface area contributed by atoms with Gasteiger partial charge in [0.15, 0.2) is 0 Å². The zero-order valence-corrected chi connectivity index (χ0v) is 10.5. The number of hydrogen-bond acceptors (Lipinski definition) is 2. The highest BCUT2D eigenvalue weighted by atomic mass is 16.2. The van der Waals surface area contributed by atoms with E-state index < -0.39 is 0 Å². The van der Waals surface area contributed by atoms with Crippen LogP contribution in [0.5, 0.6) is 0 Å². The van der Waals surface area contributed by atoms with Crippen molar-refractivity contribution in [3.8, 4) is 0 Å². The van der Waals surface area contributed by atoms with Gasteiger partial charge in [0.1, 0.15) is 0 Å². The fourth-order valence-electron chi connectivity index (χ4n) is 2.72. The number of carbonyl (C=O) groups excluding carboxylic acids is 1. The van der Waals surface area contributed by atoms with Crippen molar-refractivity contribution >= 4 is 5.91 Å². The third-order valence-corrected chi connectivity index (χ3v) is 4.26. The molecule has 1 amide bonds. The van der Waals surface area contributed by atoms with Crippen LogP contribution in [0, 0.1) is 11.8 Å². The lowest BCUT2D eigenvalue weighted by Crippen LogP contribution is -2.46. The molecule has 0 radical (unpaired) electrons. The summed E-state index contributed by atoms with van der Waals surface area (Å²) in [5.74, 6) is 1.80. The summed E-state index contributed by atoms with van der Waals surface area (Å²) in [6, 6.07) is 0.511. The summed E-state index contributed by atoms with van der Waals surface area (Å²) in [7, 11) is 2.00. The van der Waals surface area contributed by atoms with Gasteiger partial charge in [0.25, 0.3) is 0 Å². The van der Waals surface area contributed by atoms with Crippen molar-refractivity contribution in [2.75, 3.05) is 20.1 Å². The van der Waals surface area contributed by atoms with Crippen molar-refractivity contribution in [1.29, 1.82) is 0 Å². The summed E-state index contributed by atoms with van der Waals surface area (Å²) in [5.41, 5.74) is 0. The van der Waals surface area contributed by atoms with Crippen molar-refractivity contribution in [2.24, 2.45) is 11.8 Å². The second-order valence-electron chi connectivity index (χ2n) is 5.65. The van der Waals surface area contributed by atoms with E-state index in [0.29, 0.717) is 17.9 Å². The van der Waals surface area contributed by atoms with Gasteiger partial charge in [0.05, 0.1) is 0 Å². The van der Waals surface area contributed by atoms with Gasteiger partial charge in [0, 0.05) is 19.5 Å². The molecule has 2 rings (SSSR count). The predicted molar refractivity (Wildman–Crippen MR) is 65.2 cm³/mol. The average molecular weight is 224 g/mol. The van der Waals surface area contributed by atoms with Crippen molar-refractivity contribution in [2.45, 2.75) is 45.1 Å². The van der Waals surface area contributed by atoms with Crippen molar-refractivity contribution in [3.63, 3.8) is 0 Å². The number of nitrogens with one attached hydrogen (secondary N) is 1. The zero-order valence-electron chi connectivity index (χ0n) is 10.5. The highest BCUT2D eigenvalue weighted by Gasteiger charge is 2.27. The largest absolute Gasteiger partial charge is 0.343 e. The van der Waals surface area contributed by atoms with Crippen LogP contribution >= 0.6 is 0 Å². The molecule has 16 heavy (non-hydrogen) atoms. The number of hydrogen-bond donors (Lipinski definition) is 1. The number of rotatable bonds is 3. The fourth-order valence-corrected chi connectivity index (χ4v) is 2.72. The molecule has 0 bridgehead atoms. The van der Waals surface area contributed by atoms with Gasteiger partial charge in [-0.25, -0.2) is 0 Å². The van der Waals surface area contributed by atoms with E-state index in [9.17, 15) is 4.79 Å². The smallest absolute Gasteiger partial charge is 0.222 e. The molecule has 1 saturated carbocycles. The van der Waals surface area contributed by atoms with Crippen LogP contribution in [-0.4, -0.2) is 37.0 Å². The van der Waals surface area contributed by atoms with E-state index in [0.717, 1.165) is 25.4 Å². The molecule has 1 aliphatic carbocycles. The number of nitrogens with zero attached hydrogens (tertiary/aromatic N) is 1. The predicted octanol–water partition coefficient (Wildman–Crippen LogP) is 1.63. The maximum atomic E-state index is 12.0. The minimum Gasteiger partial charge on any atom is -0.343 e. The lowest BCUT2D eigenvalue weighted by atomic mass is 9.86. The van der Waals surface area contributed by atoms with Crippen LogP contribution in [0.4, 0.5) is 0 Å². The summed E-state index contributed by atoms with van der Waals surface area (Å²) in [6.07, 6.45) is 5.72. The summed E-state index contributed by atoms with van der Waals surface area (Å²) in [6.45, 7) is 4.38. The lowest BCUT2D eigenvalue weighted by molar-refractivity contribution is -0.134. The Morgan fingerprint density at radius 2 is 1.88 bits per heavy atom. The van der Waals surface area contributed by atoms with Crippen molar-refractivity contribution < 1.29 is 4.79 Å². The minimum absolute atomic E-state index is 0.353. The average Bonchev–Trinajstić information content (AvgIpc) is 2.23. The van der Waals surface area contributed by atoms with Crippen LogP contribution in [0.2, 0.25) is 0 Å². The first kappa shape index (κ1) is 11.9. The minimum atomic E-state index is 0.353. The van der Waals surface area contributed by atoms with Gasteiger partial charge in [-0.2, -0.15) is 0 Å². The second-order valence-corrected chi connectivity index (χ2v) is 5.65. The van der Waals surface area contributed by atoms with Gasteiger partial charge in [-0.1, -0.05) is 6.92 Å². The molecule has 0 unspecified atom stereocenters. The molecular weight excluding hydrogens is 200 g/mol. The first-order chi connectivity index (χ1) is 7.66. The van der Waals surface area contributed by atoms with Gasteiger partial charge in [-0.05, 0) is 50.6 Å². The Kier molecular flexibility index (Phi) is 3.85. The molecule has 0 spiro atoms. The molecule has 92 valence electrons. The Balaban J connectivity index is 1.76. The van der Waals surface area contributed by atoms with Gasteiger partial charge >= 0.3 is 0 Å². The van der Waals surface area contributed by atoms with Crippen LogP contribution in [0.25, 0.3) is 0 Å². The van der Waals surface area contributed by atoms with Crippen LogP contribution < -0.4 is 5.32 Å². The monoisotopic (exact) mass is 224 g/mol. The Bertz CT molecular complexity index is 242. The summed E-state index contributed by atoms with van der Waals surface area (Å²) in [4.78, 5) is 14.0. The Hall–Kier alpha value is -0.570. The highest BCUT2D eigenvalue weighted by molar-refractivity contribution is 5.76. The van der Waals surface area contributed by atoms with Crippen LogP contribution in [0.3, 0.4) is 0 Å². The normalized spacial score (nSPS) is 30.9. The highest BCUT2D eigenvalue weighted by Crippen LogP contribution is 2.27. The van der Waals surface area contributed by atoms with E-state index in [4.69, 9.17) is 0 Å². The molecule has 1 N–H and O–H groups in total. The van der Waals surface area contributed by atoms with E-state index in [-0.39, 0.29) is 0 Å². The third-order valence-electron chi connectivity index (χ3n) is 4.26. The molecule has 0 aromatic carbocycles. The van der Waals surface area contributed by atoms with Crippen LogP contribution in [-0.2, 0) is 4.79 Å². The molecule has 2 fully saturated rings. The van der Waals surface area contributed by atoms with Gasteiger partial charge in [0.2, 0.25) is 5.91 Å². The third kappa shape index (κ3) is 2.76. The number of amides is 1. The second kappa shape index (κ2) is 5.17. The standard InChI is InChI=1S/C13H24N2O/c1-10-3-5-12(6-4-10)15(2)13(16)7-11-8-14-9-11/h10-12,14H,3-9H2,1-2H3. The maximum Gasteiger partial charge on any atom is 0.222 e. The number of carbonyl (C=O) groups is 1. The topological polar surface area (TPSA) is 32.3 Å². The van der Waals surface area contributed by atoms with E-state index in [1.54, 1.807) is 0 Å². The Morgan fingerprint density at radius 1 is 1.25 bits per heavy atom. The van der Waals surface area contributed by atoms with E-state index in [1.165, 1.54) is 25.7 Å². The lowest BCUT2D eigenvalue weighted by Gasteiger charge is -2.35. The quantitative estimate of drug-likeness (QED) is 0.790. The molecule has 0 aromatic heterocycles. The summed E-state index contributed by atoms with van der Waals surface area (Å²) < 4.78 is 0. The molecular formula is C13H24N2O. The van der Waals surface area contributed by atoms with Crippen molar-refractivity contribution in [3.05, 3.63) is 0 Å². The van der Waals surface area contributed by atoms with E-state index in [2.05, 4.69) is 12.2 Å². The molecule has 3 heteroatoms. The van der Waals surface area contributed by atoms with Crippen LogP contribution in [0.15, 0.2) is 0 Å². The van der Waals surface area contributed by atoms with Crippen molar-refractivity contribution in [1.82, 2.24) is 10.2 Å². The molecule has 1 saturated heterocycles. The van der Waals surface area contributed by atoms with Gasteiger partial charge < -0.3 is 10.2 Å². The maximum absolute atomic E-state index is 12.0. The van der Waals surface area contributed by atoms with Gasteiger partial charge in [-0.3, -0.25) is 4.79 Å². The zero-order chi connectivity index (χ0) is 11.5. The first-order valence-electron chi connectivity index (χ1n) is 6.63. The van der Waals surface area contributed by atoms with E-state index in [1.807, 2.05) is 11.9 Å². The van der Waals surface area contributed by atoms with Crippen LogP contribution in [0.1, 0.15) is 39.0 Å². The molecule has 1 aliphatic heterocycles. The Labute approximate surface area is 98.6 Å². The first-order valence-corrected chi connectivity index (χ1v) is 6.63.